The van der Waals surface area contributed by atoms with Gasteiger partial charge in [0.2, 0.25) is 5.91 Å². The lowest BCUT2D eigenvalue weighted by molar-refractivity contribution is -0.114. The Balaban J connectivity index is 0.00000196. The highest BCUT2D eigenvalue weighted by Crippen LogP contribution is 2.18. The molecule has 0 aromatic heterocycles. The monoisotopic (exact) mass is 232 g/mol. The van der Waals surface area contributed by atoms with Crippen molar-refractivity contribution in [1.29, 1.82) is 0 Å². The smallest absolute Gasteiger partial charge is 0.221 e. The molecule has 84 valence electrons. The first kappa shape index (κ1) is 13.9. The standard InChI is InChI=1S/C10H13FN2O.ClH/c1-6(12)8-3-4-10(9(11)5-8)13-7(2)14;/h3-6H,12H2,1-2H3,(H,13,14);1H. The second-order valence-corrected chi connectivity index (χ2v) is 3.21. The van der Waals surface area contributed by atoms with Gasteiger partial charge in [-0.1, -0.05) is 6.07 Å². The fourth-order valence-electron chi connectivity index (χ4n) is 1.11. The van der Waals surface area contributed by atoms with Crippen LogP contribution in [0.3, 0.4) is 0 Å². The molecule has 3 nitrogen and oxygen atoms in total. The van der Waals surface area contributed by atoms with E-state index in [4.69, 9.17) is 5.73 Å². The maximum Gasteiger partial charge on any atom is 0.221 e. The van der Waals surface area contributed by atoms with Gasteiger partial charge in [-0.2, -0.15) is 0 Å². The molecule has 3 N–H and O–H groups in total. The van der Waals surface area contributed by atoms with Gasteiger partial charge in [-0.3, -0.25) is 4.79 Å². The molecular formula is C10H14ClFN2O. The van der Waals surface area contributed by atoms with Crippen LogP contribution in [0.4, 0.5) is 10.1 Å². The van der Waals surface area contributed by atoms with Gasteiger partial charge in [0, 0.05) is 13.0 Å². The van der Waals surface area contributed by atoms with Crippen molar-refractivity contribution < 1.29 is 9.18 Å². The summed E-state index contributed by atoms with van der Waals surface area (Å²) in [6, 6.07) is 4.32. The highest BCUT2D eigenvalue weighted by Gasteiger charge is 2.06. The second kappa shape index (κ2) is 5.68. The number of hydrogen-bond donors (Lipinski definition) is 2. The number of nitrogens with one attached hydrogen (secondary N) is 1. The molecule has 5 heteroatoms. The molecule has 0 aliphatic heterocycles. The zero-order valence-electron chi connectivity index (χ0n) is 8.58. The lowest BCUT2D eigenvalue weighted by atomic mass is 10.1. The first-order valence-corrected chi connectivity index (χ1v) is 4.33. The van der Waals surface area contributed by atoms with Crippen molar-refractivity contribution in [3.05, 3.63) is 29.6 Å². The molecule has 0 heterocycles. The van der Waals surface area contributed by atoms with Crippen LogP contribution in [0.25, 0.3) is 0 Å². The number of carbonyl (C=O) groups excluding carboxylic acids is 1. The van der Waals surface area contributed by atoms with Gasteiger partial charge in [-0.25, -0.2) is 4.39 Å². The number of amides is 1. The van der Waals surface area contributed by atoms with Crippen LogP contribution in [0.5, 0.6) is 0 Å². The van der Waals surface area contributed by atoms with Gasteiger partial charge in [-0.05, 0) is 24.6 Å². The van der Waals surface area contributed by atoms with E-state index in [1.54, 1.807) is 13.0 Å². The highest BCUT2D eigenvalue weighted by molar-refractivity contribution is 5.88. The highest BCUT2D eigenvalue weighted by atomic mass is 35.5. The summed E-state index contributed by atoms with van der Waals surface area (Å²) in [5.41, 5.74) is 6.47. The minimum absolute atomic E-state index is 0. The van der Waals surface area contributed by atoms with Crippen molar-refractivity contribution in [2.75, 3.05) is 5.32 Å². The van der Waals surface area contributed by atoms with E-state index in [1.165, 1.54) is 19.1 Å². The molecule has 0 radical (unpaired) electrons. The van der Waals surface area contributed by atoms with Crippen LogP contribution in [0, 0.1) is 5.82 Å². The largest absolute Gasteiger partial charge is 0.324 e. The van der Waals surface area contributed by atoms with E-state index >= 15 is 0 Å². The number of nitrogens with two attached hydrogens (primary N) is 1. The molecule has 0 bridgehead atoms. The van der Waals surface area contributed by atoms with Gasteiger partial charge in [0.1, 0.15) is 5.82 Å². The van der Waals surface area contributed by atoms with Gasteiger partial charge >= 0.3 is 0 Å². The van der Waals surface area contributed by atoms with E-state index < -0.39 is 5.82 Å². The van der Waals surface area contributed by atoms with Gasteiger partial charge in [0.15, 0.2) is 0 Å². The predicted molar refractivity (Wildman–Crippen MR) is 60.6 cm³/mol. The van der Waals surface area contributed by atoms with Crippen molar-refractivity contribution in [3.63, 3.8) is 0 Å². The fourth-order valence-corrected chi connectivity index (χ4v) is 1.11. The van der Waals surface area contributed by atoms with Crippen LogP contribution in [-0.2, 0) is 4.79 Å². The van der Waals surface area contributed by atoms with Crippen LogP contribution >= 0.6 is 12.4 Å². The van der Waals surface area contributed by atoms with Crippen molar-refractivity contribution in [2.45, 2.75) is 19.9 Å². The summed E-state index contributed by atoms with van der Waals surface area (Å²) in [5.74, 6) is -0.757. The van der Waals surface area contributed by atoms with E-state index in [9.17, 15) is 9.18 Å². The van der Waals surface area contributed by atoms with E-state index in [0.717, 1.165) is 0 Å². The molecule has 0 saturated carbocycles. The average Bonchev–Trinajstić information content (AvgIpc) is 2.07. The summed E-state index contributed by atoms with van der Waals surface area (Å²) in [7, 11) is 0. The summed E-state index contributed by atoms with van der Waals surface area (Å²) in [5, 5.41) is 2.38. The molecule has 15 heavy (non-hydrogen) atoms. The number of benzene rings is 1. The number of anilines is 1. The average molecular weight is 233 g/mol. The normalized spacial score (nSPS) is 11.5. The van der Waals surface area contributed by atoms with Crippen LogP contribution in [0.1, 0.15) is 25.5 Å². The van der Waals surface area contributed by atoms with Crippen LogP contribution in [0.15, 0.2) is 18.2 Å². The Hall–Kier alpha value is -1.13. The van der Waals surface area contributed by atoms with Crippen LogP contribution < -0.4 is 11.1 Å². The summed E-state index contributed by atoms with van der Waals surface area (Å²) in [6.45, 7) is 3.10. The molecule has 1 atom stereocenters. The Morgan fingerprint density at radius 2 is 2.13 bits per heavy atom. The Bertz CT molecular complexity index is 355. The van der Waals surface area contributed by atoms with Crippen molar-refractivity contribution >= 4 is 24.0 Å². The lowest BCUT2D eigenvalue weighted by Crippen LogP contribution is -2.09. The van der Waals surface area contributed by atoms with E-state index in [1.807, 2.05) is 0 Å². The molecule has 1 rings (SSSR count). The van der Waals surface area contributed by atoms with Crippen LogP contribution in [0.2, 0.25) is 0 Å². The Kier molecular flexibility index (Phi) is 5.25. The zero-order chi connectivity index (χ0) is 10.7. The number of carbonyl (C=O) groups is 1. The lowest BCUT2D eigenvalue weighted by Gasteiger charge is -2.08. The van der Waals surface area contributed by atoms with Crippen molar-refractivity contribution in [3.8, 4) is 0 Å². The molecule has 0 spiro atoms. The molecule has 1 amide bonds. The maximum absolute atomic E-state index is 13.3. The number of halogens is 2. The first-order valence-electron chi connectivity index (χ1n) is 4.33. The summed E-state index contributed by atoms with van der Waals surface area (Å²) >= 11 is 0. The topological polar surface area (TPSA) is 55.1 Å². The number of hydrogen-bond acceptors (Lipinski definition) is 2. The molecule has 0 fully saturated rings. The Morgan fingerprint density at radius 3 is 2.53 bits per heavy atom. The third-order valence-electron chi connectivity index (χ3n) is 1.83. The van der Waals surface area contributed by atoms with E-state index in [-0.39, 0.29) is 30.0 Å². The van der Waals surface area contributed by atoms with Crippen molar-refractivity contribution in [2.24, 2.45) is 5.73 Å². The molecule has 1 unspecified atom stereocenters. The van der Waals surface area contributed by atoms with E-state index in [0.29, 0.717) is 5.56 Å². The Labute approximate surface area is 94.3 Å². The van der Waals surface area contributed by atoms with Gasteiger partial charge in [-0.15, -0.1) is 12.4 Å². The quantitative estimate of drug-likeness (QED) is 0.822. The minimum Gasteiger partial charge on any atom is -0.324 e. The predicted octanol–water partition coefficient (Wildman–Crippen LogP) is 2.23. The molecule has 1 aromatic rings. The van der Waals surface area contributed by atoms with Gasteiger partial charge in [0.05, 0.1) is 5.69 Å². The van der Waals surface area contributed by atoms with E-state index in [2.05, 4.69) is 5.32 Å². The third kappa shape index (κ3) is 3.85. The number of rotatable bonds is 2. The van der Waals surface area contributed by atoms with Gasteiger partial charge in [0.25, 0.3) is 0 Å². The maximum atomic E-state index is 13.3. The summed E-state index contributed by atoms with van der Waals surface area (Å²) in [4.78, 5) is 10.7. The third-order valence-corrected chi connectivity index (χ3v) is 1.83. The van der Waals surface area contributed by atoms with Crippen LogP contribution in [-0.4, -0.2) is 5.91 Å². The molecule has 0 aliphatic rings. The van der Waals surface area contributed by atoms with Gasteiger partial charge < -0.3 is 11.1 Å². The summed E-state index contributed by atoms with van der Waals surface area (Å²) in [6.07, 6.45) is 0. The fraction of sp³-hybridized carbons (Fsp3) is 0.300. The molecular weight excluding hydrogens is 219 g/mol. The summed E-state index contributed by atoms with van der Waals surface area (Å²) < 4.78 is 13.3. The SMILES string of the molecule is CC(=O)Nc1ccc(C(C)N)cc1F.Cl. The molecule has 1 aromatic carbocycles. The molecule has 0 saturated heterocycles. The minimum atomic E-state index is -0.463. The van der Waals surface area contributed by atoms with Crippen molar-refractivity contribution in [1.82, 2.24) is 0 Å². The Morgan fingerprint density at radius 1 is 1.53 bits per heavy atom. The zero-order valence-corrected chi connectivity index (χ0v) is 9.40. The molecule has 0 aliphatic carbocycles. The first-order chi connectivity index (χ1) is 6.50. The second-order valence-electron chi connectivity index (χ2n) is 3.21.